The van der Waals surface area contributed by atoms with Crippen LogP contribution in [0.25, 0.3) is 11.1 Å². The van der Waals surface area contributed by atoms with E-state index in [1.54, 1.807) is 0 Å². The second-order valence-corrected chi connectivity index (χ2v) is 2.99. The van der Waals surface area contributed by atoms with Crippen LogP contribution in [0.5, 0.6) is 0 Å². The molecule has 0 atom stereocenters. The third kappa shape index (κ3) is 1.80. The highest BCUT2D eigenvalue weighted by atomic mass is 19.4. The van der Waals surface area contributed by atoms with Gasteiger partial charge in [-0.05, 0) is 18.2 Å². The molecule has 2 aromatic rings. The first-order valence-corrected chi connectivity index (χ1v) is 4.17. The average Bonchev–Trinajstić information content (AvgIpc) is 2.57. The summed E-state index contributed by atoms with van der Waals surface area (Å²) in [7, 11) is 0. The van der Waals surface area contributed by atoms with Crippen LogP contribution in [-0.4, -0.2) is 4.98 Å². The van der Waals surface area contributed by atoms with E-state index in [1.807, 2.05) is 0 Å². The Morgan fingerprint density at radius 2 is 2.07 bits per heavy atom. The second-order valence-electron chi connectivity index (χ2n) is 2.99. The van der Waals surface area contributed by atoms with Crippen LogP contribution in [-0.2, 0) is 12.7 Å². The van der Waals surface area contributed by atoms with Gasteiger partial charge in [-0.25, -0.2) is 4.98 Å². The van der Waals surface area contributed by atoms with Gasteiger partial charge in [-0.2, -0.15) is 13.2 Å². The molecular weight excluding hydrogens is 209 g/mol. The summed E-state index contributed by atoms with van der Waals surface area (Å²) in [5.74, 6) is 0.226. The predicted molar refractivity (Wildman–Crippen MR) is 46.9 cm³/mol. The quantitative estimate of drug-likeness (QED) is 0.795. The Kier molecular flexibility index (Phi) is 2.15. The van der Waals surface area contributed by atoms with Crippen molar-refractivity contribution in [2.75, 3.05) is 0 Å². The highest BCUT2D eigenvalue weighted by Gasteiger charge is 2.30. The summed E-state index contributed by atoms with van der Waals surface area (Å²) in [5, 5.41) is 0. The summed E-state index contributed by atoms with van der Waals surface area (Å²) < 4.78 is 42.0. The first-order valence-electron chi connectivity index (χ1n) is 4.17. The van der Waals surface area contributed by atoms with Gasteiger partial charge in [0.1, 0.15) is 5.52 Å². The van der Waals surface area contributed by atoms with E-state index in [0.717, 1.165) is 12.1 Å². The van der Waals surface area contributed by atoms with Crippen LogP contribution in [0.3, 0.4) is 0 Å². The van der Waals surface area contributed by atoms with E-state index in [1.165, 1.54) is 6.07 Å². The van der Waals surface area contributed by atoms with E-state index in [-0.39, 0.29) is 18.0 Å². The van der Waals surface area contributed by atoms with E-state index in [4.69, 9.17) is 10.2 Å². The molecule has 2 rings (SSSR count). The zero-order valence-electron chi connectivity index (χ0n) is 7.51. The van der Waals surface area contributed by atoms with Crippen LogP contribution in [0.4, 0.5) is 13.2 Å². The van der Waals surface area contributed by atoms with Crippen LogP contribution in [0.2, 0.25) is 0 Å². The van der Waals surface area contributed by atoms with Crippen molar-refractivity contribution in [3.05, 3.63) is 29.7 Å². The molecule has 1 aromatic carbocycles. The zero-order valence-corrected chi connectivity index (χ0v) is 7.51. The number of rotatable bonds is 1. The van der Waals surface area contributed by atoms with Crippen LogP contribution in [0, 0.1) is 0 Å². The molecule has 0 aliphatic rings. The lowest BCUT2D eigenvalue weighted by atomic mass is 10.2. The van der Waals surface area contributed by atoms with Crippen molar-refractivity contribution in [2.24, 2.45) is 5.73 Å². The summed E-state index contributed by atoms with van der Waals surface area (Å²) in [4.78, 5) is 3.81. The molecule has 0 spiro atoms. The van der Waals surface area contributed by atoms with Crippen molar-refractivity contribution in [3.63, 3.8) is 0 Å². The average molecular weight is 216 g/mol. The maximum atomic E-state index is 12.3. The SMILES string of the molecule is NCc1nc2cc(C(F)(F)F)ccc2o1. The van der Waals surface area contributed by atoms with Crippen molar-refractivity contribution in [2.45, 2.75) is 12.7 Å². The summed E-state index contributed by atoms with van der Waals surface area (Å²) in [5.41, 5.74) is 5.00. The molecule has 0 aliphatic carbocycles. The number of halogens is 3. The molecule has 0 saturated heterocycles. The number of aromatic nitrogens is 1. The van der Waals surface area contributed by atoms with Gasteiger partial charge in [0, 0.05) is 0 Å². The first-order chi connectivity index (χ1) is 7.00. The minimum atomic E-state index is -4.37. The number of hydrogen-bond acceptors (Lipinski definition) is 3. The van der Waals surface area contributed by atoms with Crippen molar-refractivity contribution >= 4 is 11.1 Å². The summed E-state index contributed by atoms with van der Waals surface area (Å²) >= 11 is 0. The van der Waals surface area contributed by atoms with Gasteiger partial charge in [0.25, 0.3) is 0 Å². The fraction of sp³-hybridized carbons (Fsp3) is 0.222. The Balaban J connectivity index is 2.55. The zero-order chi connectivity index (χ0) is 11.1. The Morgan fingerprint density at radius 3 is 2.67 bits per heavy atom. The maximum Gasteiger partial charge on any atom is 0.416 e. The Labute approximate surface area is 82.7 Å². The van der Waals surface area contributed by atoms with E-state index in [0.29, 0.717) is 5.58 Å². The Bertz CT molecular complexity index is 490. The first kappa shape index (κ1) is 9.97. The number of benzene rings is 1. The minimum Gasteiger partial charge on any atom is -0.439 e. The van der Waals surface area contributed by atoms with Crippen LogP contribution >= 0.6 is 0 Å². The topological polar surface area (TPSA) is 52.0 Å². The lowest BCUT2D eigenvalue weighted by Gasteiger charge is -2.04. The van der Waals surface area contributed by atoms with Gasteiger partial charge in [-0.15, -0.1) is 0 Å². The molecule has 80 valence electrons. The molecule has 0 bridgehead atoms. The number of nitrogens with two attached hydrogens (primary N) is 1. The number of nitrogens with zero attached hydrogens (tertiary/aromatic N) is 1. The molecular formula is C9H7F3N2O. The van der Waals surface area contributed by atoms with Gasteiger partial charge in [0.05, 0.1) is 12.1 Å². The lowest BCUT2D eigenvalue weighted by Crippen LogP contribution is -2.04. The molecule has 1 aromatic heterocycles. The molecule has 0 unspecified atom stereocenters. The predicted octanol–water partition coefficient (Wildman–Crippen LogP) is 2.31. The molecule has 1 heterocycles. The lowest BCUT2D eigenvalue weighted by molar-refractivity contribution is -0.137. The highest BCUT2D eigenvalue weighted by Crippen LogP contribution is 2.31. The minimum absolute atomic E-state index is 0.0655. The van der Waals surface area contributed by atoms with Gasteiger partial charge in [-0.1, -0.05) is 0 Å². The summed E-state index contributed by atoms with van der Waals surface area (Å²) in [6, 6.07) is 3.14. The summed E-state index contributed by atoms with van der Waals surface area (Å²) in [6.07, 6.45) is -4.37. The van der Waals surface area contributed by atoms with Gasteiger partial charge in [0.15, 0.2) is 5.58 Å². The highest BCUT2D eigenvalue weighted by molar-refractivity contribution is 5.73. The third-order valence-electron chi connectivity index (χ3n) is 1.93. The second kappa shape index (κ2) is 3.23. The number of alkyl halides is 3. The summed E-state index contributed by atoms with van der Waals surface area (Å²) in [6.45, 7) is 0.0655. The van der Waals surface area contributed by atoms with Gasteiger partial charge in [-0.3, -0.25) is 0 Å². The third-order valence-corrected chi connectivity index (χ3v) is 1.93. The van der Waals surface area contributed by atoms with E-state index in [2.05, 4.69) is 4.98 Å². The Hall–Kier alpha value is -1.56. The standard InChI is InChI=1S/C9H7F3N2O/c10-9(11,12)5-1-2-7-6(3-5)14-8(4-13)15-7/h1-3H,4,13H2. The van der Waals surface area contributed by atoms with Gasteiger partial charge in [0.2, 0.25) is 5.89 Å². The van der Waals surface area contributed by atoms with Crippen molar-refractivity contribution in [1.82, 2.24) is 4.98 Å². The fourth-order valence-electron chi connectivity index (χ4n) is 1.24. The molecule has 0 radical (unpaired) electrons. The fourth-order valence-corrected chi connectivity index (χ4v) is 1.24. The monoisotopic (exact) mass is 216 g/mol. The smallest absolute Gasteiger partial charge is 0.416 e. The molecule has 3 nitrogen and oxygen atoms in total. The molecule has 0 fully saturated rings. The van der Waals surface area contributed by atoms with Crippen molar-refractivity contribution in [3.8, 4) is 0 Å². The number of oxazole rings is 1. The molecule has 0 saturated carbocycles. The van der Waals surface area contributed by atoms with E-state index < -0.39 is 11.7 Å². The van der Waals surface area contributed by atoms with Gasteiger partial charge < -0.3 is 10.2 Å². The maximum absolute atomic E-state index is 12.3. The normalized spacial score (nSPS) is 12.3. The van der Waals surface area contributed by atoms with E-state index in [9.17, 15) is 13.2 Å². The van der Waals surface area contributed by atoms with Crippen LogP contribution < -0.4 is 5.73 Å². The molecule has 15 heavy (non-hydrogen) atoms. The van der Waals surface area contributed by atoms with E-state index >= 15 is 0 Å². The Morgan fingerprint density at radius 1 is 1.33 bits per heavy atom. The number of hydrogen-bond donors (Lipinski definition) is 1. The van der Waals surface area contributed by atoms with Crippen molar-refractivity contribution < 1.29 is 17.6 Å². The van der Waals surface area contributed by atoms with Gasteiger partial charge >= 0.3 is 6.18 Å². The number of fused-ring (bicyclic) bond motifs is 1. The van der Waals surface area contributed by atoms with Crippen LogP contribution in [0.1, 0.15) is 11.5 Å². The molecule has 0 aliphatic heterocycles. The molecule has 2 N–H and O–H groups in total. The van der Waals surface area contributed by atoms with Crippen LogP contribution in [0.15, 0.2) is 22.6 Å². The van der Waals surface area contributed by atoms with Crippen molar-refractivity contribution in [1.29, 1.82) is 0 Å². The molecule has 0 amide bonds. The largest absolute Gasteiger partial charge is 0.439 e. The molecule has 6 heteroatoms.